The molecule has 1 atom stereocenters. The number of hydrogen-bond donors (Lipinski definition) is 1. The summed E-state index contributed by atoms with van der Waals surface area (Å²) in [6, 6.07) is 9.44. The first-order valence-corrected chi connectivity index (χ1v) is 7.91. The van der Waals surface area contributed by atoms with Crippen LogP contribution in [-0.2, 0) is 6.42 Å². The molecule has 0 bridgehead atoms. The molecule has 1 heterocycles. The van der Waals surface area contributed by atoms with Crippen molar-refractivity contribution in [3.8, 4) is 0 Å². The highest BCUT2D eigenvalue weighted by Gasteiger charge is 2.17. The molecule has 0 aliphatic carbocycles. The molecule has 0 saturated heterocycles. The summed E-state index contributed by atoms with van der Waals surface area (Å²) >= 11 is 1.87. The Morgan fingerprint density at radius 2 is 1.79 bits per heavy atom. The summed E-state index contributed by atoms with van der Waals surface area (Å²) in [7, 11) is 0. The van der Waals surface area contributed by atoms with Crippen LogP contribution in [0.15, 0.2) is 29.6 Å². The van der Waals surface area contributed by atoms with Crippen molar-refractivity contribution in [1.29, 1.82) is 0 Å². The lowest BCUT2D eigenvalue weighted by Crippen LogP contribution is -2.22. The molecule has 1 aromatic heterocycles. The molecule has 19 heavy (non-hydrogen) atoms. The molecule has 2 aromatic rings. The Balaban J connectivity index is 2.45. The van der Waals surface area contributed by atoms with Gasteiger partial charge in [-0.15, -0.1) is 11.3 Å². The second kappa shape index (κ2) is 6.36. The molecule has 0 amide bonds. The summed E-state index contributed by atoms with van der Waals surface area (Å²) in [5, 5.41) is 5.85. The molecular weight excluding hydrogens is 250 g/mol. The molecule has 102 valence electrons. The fourth-order valence-corrected chi connectivity index (χ4v) is 3.73. The first kappa shape index (κ1) is 14.3. The van der Waals surface area contributed by atoms with Crippen molar-refractivity contribution < 1.29 is 0 Å². The maximum Gasteiger partial charge on any atom is 0.0673 e. The van der Waals surface area contributed by atoms with E-state index in [0.717, 1.165) is 13.0 Å². The van der Waals surface area contributed by atoms with E-state index in [1.165, 1.54) is 27.1 Å². The summed E-state index contributed by atoms with van der Waals surface area (Å²) in [6.45, 7) is 9.74. The van der Waals surface area contributed by atoms with Crippen LogP contribution in [0.25, 0.3) is 0 Å². The minimum absolute atomic E-state index is 0.332. The van der Waals surface area contributed by atoms with Gasteiger partial charge in [-0.25, -0.2) is 0 Å². The van der Waals surface area contributed by atoms with Gasteiger partial charge in [0, 0.05) is 4.88 Å². The highest BCUT2D eigenvalue weighted by Crippen LogP contribution is 2.31. The van der Waals surface area contributed by atoms with Crippen LogP contribution in [0.2, 0.25) is 0 Å². The number of hydrogen-bond acceptors (Lipinski definition) is 2. The zero-order valence-corrected chi connectivity index (χ0v) is 13.1. The van der Waals surface area contributed by atoms with Gasteiger partial charge in [0.05, 0.1) is 6.04 Å². The smallest absolute Gasteiger partial charge is 0.0673 e. The highest BCUT2D eigenvalue weighted by atomic mass is 32.1. The quantitative estimate of drug-likeness (QED) is 0.837. The molecule has 0 fully saturated rings. The van der Waals surface area contributed by atoms with E-state index in [4.69, 9.17) is 0 Å². The Labute approximate surface area is 120 Å². The number of benzene rings is 1. The van der Waals surface area contributed by atoms with Crippen molar-refractivity contribution in [2.45, 2.75) is 40.2 Å². The van der Waals surface area contributed by atoms with Crippen molar-refractivity contribution in [3.05, 3.63) is 56.8 Å². The molecule has 1 nitrogen and oxygen atoms in total. The average molecular weight is 273 g/mol. The molecule has 0 saturated carbocycles. The number of rotatable bonds is 5. The first-order chi connectivity index (χ1) is 9.15. The lowest BCUT2D eigenvalue weighted by molar-refractivity contribution is 0.634. The number of aryl methyl sites for hydroxylation is 3. The van der Waals surface area contributed by atoms with Crippen molar-refractivity contribution >= 4 is 11.3 Å². The monoisotopic (exact) mass is 273 g/mol. The van der Waals surface area contributed by atoms with Crippen LogP contribution < -0.4 is 5.32 Å². The van der Waals surface area contributed by atoms with Crippen LogP contribution in [0.5, 0.6) is 0 Å². The van der Waals surface area contributed by atoms with Gasteiger partial charge in [0.1, 0.15) is 0 Å². The molecule has 1 unspecified atom stereocenters. The molecule has 0 radical (unpaired) electrons. The minimum atomic E-state index is 0.332. The van der Waals surface area contributed by atoms with E-state index in [1.807, 2.05) is 11.3 Å². The zero-order chi connectivity index (χ0) is 13.8. The van der Waals surface area contributed by atoms with Gasteiger partial charge in [-0.1, -0.05) is 43.2 Å². The normalized spacial score (nSPS) is 12.6. The fraction of sp³-hybridized carbons (Fsp3) is 0.412. The predicted octanol–water partition coefficient (Wildman–Crippen LogP) is 4.63. The third kappa shape index (κ3) is 3.26. The van der Waals surface area contributed by atoms with E-state index in [2.05, 4.69) is 62.7 Å². The Morgan fingerprint density at radius 1 is 1.11 bits per heavy atom. The Morgan fingerprint density at radius 3 is 2.37 bits per heavy atom. The molecule has 0 aliphatic rings. The van der Waals surface area contributed by atoms with E-state index in [9.17, 15) is 0 Å². The van der Waals surface area contributed by atoms with Crippen molar-refractivity contribution in [2.75, 3.05) is 6.54 Å². The number of thiophene rings is 1. The van der Waals surface area contributed by atoms with Gasteiger partial charge < -0.3 is 5.32 Å². The van der Waals surface area contributed by atoms with Gasteiger partial charge in [0.15, 0.2) is 0 Å². The molecule has 1 aromatic carbocycles. The third-order valence-electron chi connectivity index (χ3n) is 3.41. The maximum atomic E-state index is 3.64. The summed E-state index contributed by atoms with van der Waals surface area (Å²) < 4.78 is 0. The largest absolute Gasteiger partial charge is 0.306 e. The predicted molar refractivity (Wildman–Crippen MR) is 85.1 cm³/mol. The van der Waals surface area contributed by atoms with Gasteiger partial charge in [-0.2, -0.15) is 0 Å². The summed E-state index contributed by atoms with van der Waals surface area (Å²) in [5.74, 6) is 0. The third-order valence-corrected chi connectivity index (χ3v) is 4.43. The average Bonchev–Trinajstić information content (AvgIpc) is 2.82. The van der Waals surface area contributed by atoms with E-state index in [0.29, 0.717) is 6.04 Å². The highest BCUT2D eigenvalue weighted by molar-refractivity contribution is 7.10. The van der Waals surface area contributed by atoms with Gasteiger partial charge in [0.25, 0.3) is 0 Å². The van der Waals surface area contributed by atoms with E-state index < -0.39 is 0 Å². The molecular formula is C17H23NS. The standard InChI is InChI=1S/C17H23NS/c1-5-14-7-8-19-17(14)16(18-6-2)15-10-12(3)9-13(4)11-15/h7-11,16,18H,5-6H2,1-4H3. The van der Waals surface area contributed by atoms with Gasteiger partial charge in [-0.05, 0) is 49.4 Å². The fourth-order valence-electron chi connectivity index (χ4n) is 2.64. The lowest BCUT2D eigenvalue weighted by atomic mass is 9.98. The van der Waals surface area contributed by atoms with E-state index in [-0.39, 0.29) is 0 Å². The molecule has 2 heteroatoms. The first-order valence-electron chi connectivity index (χ1n) is 7.03. The van der Waals surface area contributed by atoms with Crippen LogP contribution in [-0.4, -0.2) is 6.54 Å². The van der Waals surface area contributed by atoms with Gasteiger partial charge in [-0.3, -0.25) is 0 Å². The van der Waals surface area contributed by atoms with Crippen LogP contribution in [0.1, 0.15) is 47.0 Å². The Kier molecular flexibility index (Phi) is 4.78. The van der Waals surface area contributed by atoms with E-state index in [1.54, 1.807) is 0 Å². The van der Waals surface area contributed by atoms with Crippen molar-refractivity contribution in [2.24, 2.45) is 0 Å². The van der Waals surface area contributed by atoms with Crippen molar-refractivity contribution in [1.82, 2.24) is 5.32 Å². The van der Waals surface area contributed by atoms with Gasteiger partial charge >= 0.3 is 0 Å². The minimum Gasteiger partial charge on any atom is -0.306 e. The molecule has 0 aliphatic heterocycles. The maximum absolute atomic E-state index is 3.64. The van der Waals surface area contributed by atoms with Crippen LogP contribution in [0.3, 0.4) is 0 Å². The van der Waals surface area contributed by atoms with Crippen molar-refractivity contribution in [3.63, 3.8) is 0 Å². The lowest BCUT2D eigenvalue weighted by Gasteiger charge is -2.20. The van der Waals surface area contributed by atoms with Crippen LogP contribution >= 0.6 is 11.3 Å². The second-order valence-electron chi connectivity index (χ2n) is 5.08. The zero-order valence-electron chi connectivity index (χ0n) is 12.3. The topological polar surface area (TPSA) is 12.0 Å². The Hall–Kier alpha value is -1.12. The van der Waals surface area contributed by atoms with Crippen LogP contribution in [0.4, 0.5) is 0 Å². The SMILES string of the molecule is CCNC(c1cc(C)cc(C)c1)c1sccc1CC. The Bertz CT molecular complexity index is 522. The summed E-state index contributed by atoms with van der Waals surface area (Å²) in [4.78, 5) is 1.47. The summed E-state index contributed by atoms with van der Waals surface area (Å²) in [6.07, 6.45) is 1.10. The van der Waals surface area contributed by atoms with Gasteiger partial charge in [0.2, 0.25) is 0 Å². The molecule has 2 rings (SSSR count). The molecule has 1 N–H and O–H groups in total. The van der Waals surface area contributed by atoms with E-state index >= 15 is 0 Å². The number of nitrogens with one attached hydrogen (secondary N) is 1. The summed E-state index contributed by atoms with van der Waals surface area (Å²) in [5.41, 5.74) is 5.53. The second-order valence-corrected chi connectivity index (χ2v) is 6.02. The molecule has 0 spiro atoms. The van der Waals surface area contributed by atoms with Crippen LogP contribution in [0, 0.1) is 13.8 Å².